The van der Waals surface area contributed by atoms with E-state index >= 15 is 0 Å². The van der Waals surface area contributed by atoms with Gasteiger partial charge in [-0.15, -0.1) is 0 Å². The second kappa shape index (κ2) is 21.6. The molecule has 30 valence electrons. The fraction of sp³-hybridized carbons (Fsp3) is 0. The van der Waals surface area contributed by atoms with Gasteiger partial charge in [-0.2, -0.15) is 0 Å². The molecule has 0 atom stereocenters. The molecule has 0 spiro atoms. The molecule has 0 N–H and O–H groups in total. The topological polar surface area (TPSA) is 0 Å². The first-order valence-corrected chi connectivity index (χ1v) is 0. The third-order valence-electron chi connectivity index (χ3n) is 0. The summed E-state index contributed by atoms with van der Waals surface area (Å²) >= 11 is 0. The quantitative estimate of drug-likeness (QED) is 0.334. The fourth-order valence-corrected chi connectivity index (χ4v) is 0. The molecule has 0 aromatic heterocycles. The summed E-state index contributed by atoms with van der Waals surface area (Å²) in [6, 6.07) is 0. The maximum Gasteiger partial charge on any atom is 2.00 e. The summed E-state index contributed by atoms with van der Waals surface area (Å²) in [5.74, 6) is 0. The van der Waals surface area contributed by atoms with Crippen molar-refractivity contribution < 1.29 is 54.8 Å². The molecule has 0 aliphatic heterocycles. The molecule has 0 heterocycles. The van der Waals surface area contributed by atoms with E-state index in [-0.39, 0.29) is 69.7 Å². The van der Waals surface area contributed by atoms with Crippen LogP contribution in [0, 0.1) is 52.6 Å². The van der Waals surface area contributed by atoms with Crippen molar-refractivity contribution in [3.05, 3.63) is 14.9 Å². The largest absolute Gasteiger partial charge is 2.00 e. The summed E-state index contributed by atoms with van der Waals surface area (Å²) < 4.78 is 0. The number of rotatable bonds is 0. The van der Waals surface area contributed by atoms with E-state index in [4.69, 9.17) is 0 Å². The van der Waals surface area contributed by atoms with E-state index in [2.05, 4.69) is 0 Å². The minimum absolute atomic E-state index is 0. The van der Waals surface area contributed by atoms with Crippen LogP contribution >= 0.6 is 0 Å². The van der Waals surface area contributed by atoms with Crippen LogP contribution in [0.3, 0.4) is 0 Å². The van der Waals surface area contributed by atoms with Gasteiger partial charge in [0.05, 0.1) is 0 Å². The summed E-state index contributed by atoms with van der Waals surface area (Å²) in [5, 5.41) is 0. The van der Waals surface area contributed by atoms with Crippen molar-refractivity contribution in [1.29, 1.82) is 0 Å². The van der Waals surface area contributed by atoms with Crippen molar-refractivity contribution in [2.45, 2.75) is 0 Å². The van der Waals surface area contributed by atoms with Gasteiger partial charge in [-0.05, 0) is 0 Å². The molecule has 0 aliphatic rings. The number of hydrogen-bond acceptors (Lipinski definition) is 0. The molecule has 2 heteroatoms. The first-order chi connectivity index (χ1) is 0. The van der Waals surface area contributed by atoms with E-state index in [0.29, 0.717) is 0 Å². The van der Waals surface area contributed by atoms with E-state index in [9.17, 15) is 0 Å². The van der Waals surface area contributed by atoms with Crippen LogP contribution < -0.4 is 0 Å². The number of hydrogen-bond donors (Lipinski definition) is 0. The van der Waals surface area contributed by atoms with Crippen molar-refractivity contribution in [3.8, 4) is 0 Å². The summed E-state index contributed by atoms with van der Waals surface area (Å²) in [4.78, 5) is 0. The van der Waals surface area contributed by atoms with Crippen LogP contribution in [0.1, 0.15) is 0 Å². The normalized spacial score (nSPS) is 0. The van der Waals surface area contributed by atoms with Gasteiger partial charge in [0.1, 0.15) is 0 Å². The maximum absolute atomic E-state index is 0. The summed E-state index contributed by atoms with van der Waals surface area (Å²) in [5.41, 5.74) is 0. The van der Waals surface area contributed by atoms with Crippen LogP contribution in [0.2, 0.25) is 0 Å². The standard InChI is InChI=1S/2CH3.Ar.Fe/h2*1H3;;/q2*-1;;+2. The molecule has 0 aromatic carbocycles. The van der Waals surface area contributed by atoms with Crippen molar-refractivity contribution in [3.63, 3.8) is 0 Å². The van der Waals surface area contributed by atoms with Crippen LogP contribution in [0.5, 0.6) is 0 Å². The summed E-state index contributed by atoms with van der Waals surface area (Å²) in [6.45, 7) is 0. The second-order valence-electron chi connectivity index (χ2n) is 0. The Balaban J connectivity index is 0. The van der Waals surface area contributed by atoms with Gasteiger partial charge in [-0.3, -0.25) is 0 Å². The predicted octanol–water partition coefficient (Wildman–Crippen LogP) is 0.898. The molecule has 0 fully saturated rings. The van der Waals surface area contributed by atoms with Gasteiger partial charge < -0.3 is 14.9 Å². The monoisotopic (exact) mass is 126 g/mol. The van der Waals surface area contributed by atoms with Gasteiger partial charge in [0.15, 0.2) is 0 Å². The first kappa shape index (κ1) is 41.7. The zero-order valence-corrected chi connectivity index (χ0v) is 4.52. The zero-order valence-electron chi connectivity index (χ0n) is 2.71. The molecular weight excluding hydrogens is 120 g/mol. The molecule has 0 aromatic rings. The van der Waals surface area contributed by atoms with Crippen LogP contribution in [0.25, 0.3) is 0 Å². The Kier molecular flexibility index (Phi) is 225. The average molecular weight is 126 g/mol. The Morgan fingerprint density at radius 1 is 0.750 bits per heavy atom. The summed E-state index contributed by atoms with van der Waals surface area (Å²) in [7, 11) is 0. The molecule has 0 bridgehead atoms. The predicted molar refractivity (Wildman–Crippen MR) is 12.8 cm³/mol. The molecule has 0 saturated carbocycles. The SMILES string of the molecule is [Ar].[CH3-].[CH3-].[Fe+2]. The van der Waals surface area contributed by atoms with Crippen molar-refractivity contribution in [1.82, 2.24) is 0 Å². The third kappa shape index (κ3) is 9.22. The van der Waals surface area contributed by atoms with Gasteiger partial charge in [0.2, 0.25) is 0 Å². The van der Waals surface area contributed by atoms with E-state index in [1.54, 1.807) is 0 Å². The Hall–Kier alpha value is 1.78. The molecule has 0 rings (SSSR count). The smallest absolute Gasteiger partial charge is 0.358 e. The maximum atomic E-state index is 0. The molecule has 0 saturated heterocycles. The van der Waals surface area contributed by atoms with Gasteiger partial charge in [0.25, 0.3) is 0 Å². The van der Waals surface area contributed by atoms with Crippen molar-refractivity contribution in [2.75, 3.05) is 0 Å². The van der Waals surface area contributed by atoms with E-state index in [1.165, 1.54) is 0 Å². The van der Waals surface area contributed by atoms with Gasteiger partial charge in [0, 0.05) is 37.7 Å². The van der Waals surface area contributed by atoms with Crippen molar-refractivity contribution >= 4 is 0 Å². The molecular formula is C2H6ArFe. The van der Waals surface area contributed by atoms with E-state index in [1.807, 2.05) is 0 Å². The van der Waals surface area contributed by atoms with E-state index in [0.717, 1.165) is 0 Å². The fourth-order valence-electron chi connectivity index (χ4n) is 0. The molecule has 0 radical (unpaired) electrons. The van der Waals surface area contributed by atoms with Gasteiger partial charge in [-0.1, -0.05) is 0 Å². The average Bonchev–Trinajstić information content (AvgIpc) is 0. The molecule has 0 unspecified atom stereocenters. The minimum atomic E-state index is 0. The molecule has 4 heavy (non-hydrogen) atoms. The van der Waals surface area contributed by atoms with Crippen LogP contribution in [0.4, 0.5) is 0 Å². The Bertz CT molecular complexity index is 6.00. The molecule has 0 nitrogen and oxygen atoms in total. The Labute approximate surface area is 68.8 Å². The van der Waals surface area contributed by atoms with Crippen LogP contribution in [0.15, 0.2) is 0 Å². The Morgan fingerprint density at radius 3 is 0.750 bits per heavy atom. The third-order valence-corrected chi connectivity index (χ3v) is 0. The van der Waals surface area contributed by atoms with Gasteiger partial charge in [-0.25, -0.2) is 0 Å². The Morgan fingerprint density at radius 2 is 0.750 bits per heavy atom. The first-order valence-electron chi connectivity index (χ1n) is 0. The van der Waals surface area contributed by atoms with Gasteiger partial charge >= 0.3 is 17.1 Å². The summed E-state index contributed by atoms with van der Waals surface area (Å²) in [6.07, 6.45) is 0. The van der Waals surface area contributed by atoms with E-state index < -0.39 is 0 Å². The van der Waals surface area contributed by atoms with Crippen LogP contribution in [-0.4, -0.2) is 0 Å². The molecule has 0 amide bonds. The minimum Gasteiger partial charge on any atom is -0.358 e. The second-order valence-corrected chi connectivity index (χ2v) is 0. The molecule has 0 aliphatic carbocycles. The van der Waals surface area contributed by atoms with Crippen molar-refractivity contribution in [2.24, 2.45) is 0 Å². The van der Waals surface area contributed by atoms with Crippen LogP contribution in [-0.2, 0) is 17.1 Å². The zero-order chi connectivity index (χ0) is 0.